The number of pyridine rings is 1. The van der Waals surface area contributed by atoms with Crippen LogP contribution < -0.4 is 5.19 Å². The van der Waals surface area contributed by atoms with Crippen LogP contribution in [0.25, 0.3) is 70.7 Å². The summed E-state index contributed by atoms with van der Waals surface area (Å²) in [5.41, 5.74) is 10.5. The van der Waals surface area contributed by atoms with Crippen molar-refractivity contribution in [2.75, 3.05) is 0 Å². The van der Waals surface area contributed by atoms with Crippen molar-refractivity contribution in [2.24, 2.45) is 0 Å². The fourth-order valence-corrected chi connectivity index (χ4v) is 9.75. The number of hydrogen-bond donors (Lipinski definition) is 0. The normalized spacial score (nSPS) is 13.6. The van der Waals surface area contributed by atoms with Crippen molar-refractivity contribution in [3.63, 3.8) is 0 Å². The first-order valence-corrected chi connectivity index (χ1v) is 24.2. The fraction of sp³-hybridized carbons (Fsp3) is 0.208. The van der Waals surface area contributed by atoms with Gasteiger partial charge in [0.2, 0.25) is 0 Å². The zero-order valence-electron chi connectivity index (χ0n) is 40.4. The van der Waals surface area contributed by atoms with E-state index in [2.05, 4.69) is 124 Å². The Bertz CT molecular complexity index is 3080. The van der Waals surface area contributed by atoms with Crippen LogP contribution in [-0.4, -0.2) is 22.6 Å². The summed E-state index contributed by atoms with van der Waals surface area (Å²) in [7, 11) is -1.23. The van der Waals surface area contributed by atoms with Crippen LogP contribution in [0.4, 0.5) is 0 Å². The molecule has 6 aromatic carbocycles. The summed E-state index contributed by atoms with van der Waals surface area (Å²) in [5.74, 6) is 1.12. The second-order valence-corrected chi connectivity index (χ2v) is 22.7. The van der Waals surface area contributed by atoms with Crippen molar-refractivity contribution < 1.29 is 28.3 Å². The largest absolute Gasteiger partial charge is 0.333 e. The minimum atomic E-state index is -2.50. The van der Waals surface area contributed by atoms with Crippen LogP contribution in [0.2, 0.25) is 19.6 Å². The van der Waals surface area contributed by atoms with Crippen LogP contribution in [0.3, 0.4) is 0 Å². The van der Waals surface area contributed by atoms with E-state index in [-0.39, 0.29) is 43.1 Å². The van der Waals surface area contributed by atoms with Crippen molar-refractivity contribution in [2.45, 2.75) is 72.9 Å². The average Bonchev–Trinajstić information content (AvgIpc) is 3.84. The summed E-state index contributed by atoms with van der Waals surface area (Å²) in [6.45, 7) is 10.9. The maximum atomic E-state index is 8.34. The Morgan fingerprint density at radius 1 is 0.712 bits per heavy atom. The van der Waals surface area contributed by atoms with Gasteiger partial charge in [0, 0.05) is 44.9 Å². The number of nitrogens with zero attached hydrogens (tertiary/aromatic N) is 3. The molecule has 1 radical (unpaired) electrons. The van der Waals surface area contributed by atoms with Gasteiger partial charge in [-0.05, 0) is 110 Å². The van der Waals surface area contributed by atoms with E-state index < -0.39 is 21.8 Å². The van der Waals surface area contributed by atoms with Crippen LogP contribution in [-0.2, 0) is 20.1 Å². The van der Waals surface area contributed by atoms with Gasteiger partial charge >= 0.3 is 0 Å². The average molecular weight is 988 g/mol. The molecule has 9 aromatic rings. The van der Waals surface area contributed by atoms with Gasteiger partial charge in [-0.3, -0.25) is 4.98 Å². The van der Waals surface area contributed by atoms with Gasteiger partial charge < -0.3 is 9.55 Å². The summed E-state index contributed by atoms with van der Waals surface area (Å²) in [6, 6.07) is 48.9. The van der Waals surface area contributed by atoms with Gasteiger partial charge in [-0.15, -0.1) is 59.7 Å². The summed E-state index contributed by atoms with van der Waals surface area (Å²) in [5, 5.41) is 2.70. The van der Waals surface area contributed by atoms with Crippen LogP contribution in [0.1, 0.15) is 70.0 Å². The van der Waals surface area contributed by atoms with E-state index in [0.717, 1.165) is 43.6 Å². The Hall–Kier alpha value is -4.97. The number of aryl methyl sites for hydroxylation is 2. The third kappa shape index (κ3) is 8.56. The molecule has 0 aliphatic heterocycles. The molecule has 0 bridgehead atoms. The van der Waals surface area contributed by atoms with E-state index in [1.54, 1.807) is 6.07 Å². The number of rotatable bonds is 7. The Balaban J connectivity index is 0.000000313. The zero-order valence-corrected chi connectivity index (χ0v) is 38.7. The third-order valence-electron chi connectivity index (χ3n) is 10.7. The molecular formula is C53H51IrN3SSi-2. The fourth-order valence-electron chi connectivity index (χ4n) is 7.58. The molecule has 0 N–H and O–H groups in total. The summed E-state index contributed by atoms with van der Waals surface area (Å²) < 4.78 is 52.7. The Morgan fingerprint density at radius 3 is 2.08 bits per heavy atom. The molecule has 6 heteroatoms. The van der Waals surface area contributed by atoms with E-state index >= 15 is 0 Å². The minimum absolute atomic E-state index is 0. The number of aromatic nitrogens is 3. The summed E-state index contributed by atoms with van der Waals surface area (Å²) >= 11 is 1.39. The topological polar surface area (TPSA) is 30.7 Å². The Labute approximate surface area is 377 Å². The van der Waals surface area contributed by atoms with Gasteiger partial charge in [0.15, 0.2) is 0 Å². The van der Waals surface area contributed by atoms with E-state index in [9.17, 15) is 0 Å². The first-order valence-electron chi connectivity index (χ1n) is 22.9. The zero-order chi connectivity index (χ0) is 45.7. The number of para-hydroxylation sites is 2. The number of imidazole rings is 1. The van der Waals surface area contributed by atoms with Gasteiger partial charge in [0.25, 0.3) is 0 Å². The van der Waals surface area contributed by atoms with Gasteiger partial charge in [0.05, 0.1) is 24.9 Å². The molecule has 0 aliphatic carbocycles. The number of thiophene rings is 1. The predicted molar refractivity (Wildman–Crippen MR) is 253 cm³/mol. The molecule has 3 nitrogen and oxygen atoms in total. The second-order valence-electron chi connectivity index (χ2n) is 16.5. The number of benzene rings is 6. The molecule has 299 valence electrons. The third-order valence-corrected chi connectivity index (χ3v) is 13.8. The van der Waals surface area contributed by atoms with Crippen molar-refractivity contribution in [1.82, 2.24) is 14.5 Å². The number of hydrogen-bond acceptors (Lipinski definition) is 3. The summed E-state index contributed by atoms with van der Waals surface area (Å²) in [6.07, 6.45) is 2.02. The van der Waals surface area contributed by atoms with Gasteiger partial charge in [-0.2, -0.15) is 11.3 Å². The van der Waals surface area contributed by atoms with Crippen LogP contribution >= 0.6 is 11.3 Å². The molecule has 3 aromatic heterocycles. The number of fused-ring (bicyclic) bond motifs is 4. The van der Waals surface area contributed by atoms with Crippen molar-refractivity contribution >= 4 is 55.8 Å². The molecule has 0 saturated heterocycles. The molecule has 9 rings (SSSR count). The SMILES string of the molecule is C[Si](C)(C)c1ccc(-c2[c-]cccc2)nc1.[2H]C([2H])([2H])c1cc(C([2H])([2H])[2H])c2c(c1)sc1c[c-]c(-c3nc4ccccc4n3-c3c(C(C)C)cc(-c4ccccc4)cc3C(C)C)cc12.[Ir]. The van der Waals surface area contributed by atoms with Crippen LogP contribution in [0, 0.1) is 25.8 Å². The quantitative estimate of drug-likeness (QED) is 0.118. The molecule has 3 heterocycles. The monoisotopic (exact) mass is 988 g/mol. The van der Waals surface area contributed by atoms with E-state index in [0.29, 0.717) is 15.9 Å². The van der Waals surface area contributed by atoms with Crippen LogP contribution in [0.15, 0.2) is 134 Å². The predicted octanol–water partition coefficient (Wildman–Crippen LogP) is 14.5. The first kappa shape index (κ1) is 34.8. The Kier molecular flexibility index (Phi) is 10.2. The van der Waals surface area contributed by atoms with Crippen molar-refractivity contribution in [3.05, 3.63) is 168 Å². The molecule has 59 heavy (non-hydrogen) atoms. The minimum Gasteiger partial charge on any atom is -0.333 e. The maximum Gasteiger partial charge on any atom is 0.0795 e. The maximum absolute atomic E-state index is 8.34. The van der Waals surface area contributed by atoms with Crippen molar-refractivity contribution in [3.8, 4) is 39.5 Å². The van der Waals surface area contributed by atoms with Crippen LogP contribution in [0.5, 0.6) is 0 Å². The van der Waals surface area contributed by atoms with Gasteiger partial charge in [-0.1, -0.05) is 113 Å². The van der Waals surface area contributed by atoms with Gasteiger partial charge in [-0.25, -0.2) is 0 Å². The molecule has 0 saturated carbocycles. The second kappa shape index (κ2) is 17.3. The molecular weight excluding hydrogens is 931 g/mol. The molecule has 0 unspecified atom stereocenters. The molecule has 0 aliphatic rings. The molecule has 0 fully saturated rings. The Morgan fingerprint density at radius 2 is 1.44 bits per heavy atom. The van der Waals surface area contributed by atoms with E-state index in [1.165, 1.54) is 44.8 Å². The molecule has 0 atom stereocenters. The molecule has 0 spiro atoms. The first-order chi connectivity index (χ1) is 30.3. The smallest absolute Gasteiger partial charge is 0.0795 e. The van der Waals surface area contributed by atoms with Gasteiger partial charge in [0.1, 0.15) is 0 Å². The standard InChI is InChI=1S/C39H35N2S.C14H16NSi.Ir/c1-23(2)30-21-29(27-12-8-7-9-13-27)22-31(24(3)4)38(30)41-34-15-11-10-14-33(34)40-39(41)28-16-17-35-32(20-28)37-26(6)18-25(5)19-36(37)42-35;1-16(2,3)13-9-10-14(15-11-13)12-7-5-4-6-8-12;/h7-15,17-24H,1-6H3;4-7,9-11H,1-3H3;/q2*-1;/i5D3,6D3;;. The van der Waals surface area contributed by atoms with Crippen molar-refractivity contribution in [1.29, 1.82) is 0 Å². The van der Waals surface area contributed by atoms with E-state index in [1.807, 2.05) is 66.9 Å². The van der Waals surface area contributed by atoms with E-state index in [4.69, 9.17) is 13.2 Å². The molecule has 0 amide bonds. The summed E-state index contributed by atoms with van der Waals surface area (Å²) in [4.78, 5) is 9.70.